The number of aliphatic imine (C=N–C) groups is 1. The van der Waals surface area contributed by atoms with E-state index in [9.17, 15) is 9.59 Å². The number of carbonyl (C=O) groups excluding carboxylic acids is 2. The molecule has 11 heteroatoms. The number of allylic oxidation sites excluding steroid dienone is 2. The number of aromatic nitrogens is 1. The molecule has 4 heterocycles. The lowest BCUT2D eigenvalue weighted by molar-refractivity contribution is -0.124. The lowest BCUT2D eigenvalue weighted by Crippen LogP contribution is -2.50. The number of likely N-dealkylation sites (tertiary alicyclic amines) is 1. The summed E-state index contributed by atoms with van der Waals surface area (Å²) in [4.78, 5) is 40.7. The first-order valence-corrected chi connectivity index (χ1v) is 14.2. The van der Waals surface area contributed by atoms with Gasteiger partial charge in [0, 0.05) is 44.4 Å². The molecule has 1 aromatic rings. The number of pyridine rings is 1. The minimum Gasteiger partial charge on any atom is -0.500 e. The lowest BCUT2D eigenvalue weighted by Gasteiger charge is -2.39. The Morgan fingerprint density at radius 2 is 1.93 bits per heavy atom. The summed E-state index contributed by atoms with van der Waals surface area (Å²) in [6, 6.07) is 1.81. The Labute approximate surface area is 247 Å². The Morgan fingerprint density at radius 3 is 2.60 bits per heavy atom. The molecule has 3 aliphatic rings. The van der Waals surface area contributed by atoms with Crippen molar-refractivity contribution in [1.82, 2.24) is 19.7 Å². The zero-order valence-corrected chi connectivity index (χ0v) is 25.2. The van der Waals surface area contributed by atoms with Crippen molar-refractivity contribution in [3.05, 3.63) is 60.1 Å². The van der Waals surface area contributed by atoms with Crippen LogP contribution < -0.4 is 9.47 Å². The number of hydrogen-bond donors (Lipinski definition) is 0. The van der Waals surface area contributed by atoms with Gasteiger partial charge in [-0.15, -0.1) is 5.73 Å². The fourth-order valence-electron chi connectivity index (χ4n) is 4.90. The summed E-state index contributed by atoms with van der Waals surface area (Å²) < 4.78 is 22.2. The molecule has 1 aromatic heterocycles. The van der Waals surface area contributed by atoms with E-state index < -0.39 is 5.60 Å². The van der Waals surface area contributed by atoms with Crippen LogP contribution in [0.25, 0.3) is 0 Å². The predicted octanol–water partition coefficient (Wildman–Crippen LogP) is 4.07. The van der Waals surface area contributed by atoms with Crippen molar-refractivity contribution < 1.29 is 28.5 Å². The van der Waals surface area contributed by atoms with Crippen molar-refractivity contribution in [3.63, 3.8) is 0 Å². The molecule has 3 aliphatic heterocycles. The van der Waals surface area contributed by atoms with E-state index in [-0.39, 0.29) is 18.0 Å². The molecule has 0 radical (unpaired) electrons. The van der Waals surface area contributed by atoms with Crippen molar-refractivity contribution in [1.29, 1.82) is 0 Å². The summed E-state index contributed by atoms with van der Waals surface area (Å²) in [5.74, 6) is 1.76. The highest BCUT2D eigenvalue weighted by atomic mass is 16.6. The Morgan fingerprint density at radius 1 is 1.21 bits per heavy atom. The molecule has 0 atom stereocenters. The Balaban J connectivity index is 1.40. The maximum Gasteiger partial charge on any atom is 0.410 e. The van der Waals surface area contributed by atoms with Crippen LogP contribution in [0.2, 0.25) is 0 Å². The quantitative estimate of drug-likeness (QED) is 0.335. The van der Waals surface area contributed by atoms with Crippen LogP contribution >= 0.6 is 0 Å². The van der Waals surface area contributed by atoms with Crippen LogP contribution in [0, 0.1) is 0 Å². The second-order valence-corrected chi connectivity index (χ2v) is 11.3. The van der Waals surface area contributed by atoms with Gasteiger partial charge in [0.05, 0.1) is 37.5 Å². The van der Waals surface area contributed by atoms with Gasteiger partial charge in [-0.2, -0.15) is 0 Å². The summed E-state index contributed by atoms with van der Waals surface area (Å²) in [6.45, 7) is 15.1. The highest BCUT2D eigenvalue weighted by molar-refractivity contribution is 6.16. The molecular formula is C31H41N5O6. The first-order chi connectivity index (χ1) is 20.1. The third-order valence-corrected chi connectivity index (χ3v) is 7.12. The zero-order valence-electron chi connectivity index (χ0n) is 25.2. The largest absolute Gasteiger partial charge is 0.500 e. The van der Waals surface area contributed by atoms with E-state index in [1.54, 1.807) is 42.3 Å². The first-order valence-electron chi connectivity index (χ1n) is 14.2. The Hall–Kier alpha value is -4.08. The molecule has 0 bridgehead atoms. The van der Waals surface area contributed by atoms with Gasteiger partial charge in [-0.25, -0.2) is 4.79 Å². The van der Waals surface area contributed by atoms with E-state index in [1.165, 1.54) is 6.08 Å². The summed E-state index contributed by atoms with van der Waals surface area (Å²) in [6.07, 6.45) is 7.57. The number of carbonyl (C=O) groups is 2. The molecule has 0 aliphatic carbocycles. The number of hydrogen-bond acceptors (Lipinski definition) is 9. The van der Waals surface area contributed by atoms with E-state index in [4.69, 9.17) is 18.9 Å². The number of piperidine rings is 1. The monoisotopic (exact) mass is 579 g/mol. The zero-order chi connectivity index (χ0) is 30.3. The van der Waals surface area contributed by atoms with Gasteiger partial charge < -0.3 is 23.8 Å². The van der Waals surface area contributed by atoms with Gasteiger partial charge in [-0.1, -0.05) is 6.58 Å². The fraction of sp³-hybridized carbons (Fsp3) is 0.516. The third kappa shape index (κ3) is 8.02. The average molecular weight is 580 g/mol. The second kappa shape index (κ2) is 13.7. The molecule has 11 nitrogen and oxygen atoms in total. The molecule has 1 fully saturated rings. The smallest absolute Gasteiger partial charge is 0.410 e. The maximum atomic E-state index is 13.3. The Kier molecular flexibility index (Phi) is 10.1. The predicted molar refractivity (Wildman–Crippen MR) is 158 cm³/mol. The second-order valence-electron chi connectivity index (χ2n) is 11.3. The summed E-state index contributed by atoms with van der Waals surface area (Å²) in [5.41, 5.74) is 4.11. The fourth-order valence-corrected chi connectivity index (χ4v) is 4.90. The van der Waals surface area contributed by atoms with Crippen LogP contribution in [0.15, 0.2) is 59.4 Å². The van der Waals surface area contributed by atoms with Crippen LogP contribution in [0.5, 0.6) is 11.5 Å². The molecule has 226 valence electrons. The number of fused-ring (bicyclic) bond motifs is 1. The van der Waals surface area contributed by atoms with Crippen LogP contribution in [0.4, 0.5) is 4.79 Å². The van der Waals surface area contributed by atoms with E-state index in [2.05, 4.69) is 27.2 Å². The molecule has 0 spiro atoms. The minimum absolute atomic E-state index is 0.0242. The van der Waals surface area contributed by atoms with Gasteiger partial charge in [0.1, 0.15) is 30.3 Å². The van der Waals surface area contributed by atoms with Crippen LogP contribution in [0.3, 0.4) is 0 Å². The SMILES string of the molecule is C=C=C1/C(=N\C=C(/C)OC)C=CC(=O)N1CCN1CCC(N(Cc2cc3c(cn2)OCCO3)C(=O)OC(C)(C)C)CC1. The van der Waals surface area contributed by atoms with Gasteiger partial charge in [-0.3, -0.25) is 24.6 Å². The molecule has 0 aromatic carbocycles. The topological polar surface area (TPSA) is 106 Å². The van der Waals surface area contributed by atoms with E-state index in [0.717, 1.165) is 25.9 Å². The normalized spacial score (nSPS) is 19.1. The molecule has 0 unspecified atom stereocenters. The number of ether oxygens (including phenoxy) is 4. The molecule has 1 saturated heterocycles. The summed E-state index contributed by atoms with van der Waals surface area (Å²) in [5, 5.41) is 0. The van der Waals surface area contributed by atoms with E-state index >= 15 is 0 Å². The molecule has 2 amide bonds. The van der Waals surface area contributed by atoms with Crippen molar-refractivity contribution in [2.24, 2.45) is 4.99 Å². The minimum atomic E-state index is -0.623. The van der Waals surface area contributed by atoms with Crippen molar-refractivity contribution >= 4 is 17.7 Å². The van der Waals surface area contributed by atoms with Crippen LogP contribution in [-0.2, 0) is 20.8 Å². The van der Waals surface area contributed by atoms with Crippen LogP contribution in [-0.4, -0.2) is 95.5 Å². The molecule has 4 rings (SSSR count). The van der Waals surface area contributed by atoms with E-state index in [1.807, 2.05) is 26.8 Å². The third-order valence-electron chi connectivity index (χ3n) is 7.12. The van der Waals surface area contributed by atoms with Gasteiger partial charge in [0.15, 0.2) is 11.5 Å². The number of methoxy groups -OCH3 is 1. The van der Waals surface area contributed by atoms with Gasteiger partial charge in [0.25, 0.3) is 5.91 Å². The Bertz CT molecular complexity index is 1300. The number of nitrogens with zero attached hydrogens (tertiary/aromatic N) is 5. The lowest BCUT2D eigenvalue weighted by atomic mass is 10.0. The van der Waals surface area contributed by atoms with Gasteiger partial charge >= 0.3 is 6.09 Å². The highest BCUT2D eigenvalue weighted by Gasteiger charge is 2.32. The molecule has 0 saturated carbocycles. The van der Waals surface area contributed by atoms with Crippen molar-refractivity contribution in [3.8, 4) is 11.5 Å². The van der Waals surface area contributed by atoms with Crippen molar-refractivity contribution in [2.45, 2.75) is 58.7 Å². The van der Waals surface area contributed by atoms with Gasteiger partial charge in [0.2, 0.25) is 0 Å². The maximum absolute atomic E-state index is 13.3. The van der Waals surface area contributed by atoms with Crippen LogP contribution in [0.1, 0.15) is 46.2 Å². The summed E-state index contributed by atoms with van der Waals surface area (Å²) >= 11 is 0. The number of amides is 2. The van der Waals surface area contributed by atoms with Crippen molar-refractivity contribution in [2.75, 3.05) is 46.5 Å². The highest BCUT2D eigenvalue weighted by Crippen LogP contribution is 2.30. The van der Waals surface area contributed by atoms with E-state index in [0.29, 0.717) is 67.2 Å². The number of rotatable bonds is 8. The first kappa shape index (κ1) is 30.9. The summed E-state index contributed by atoms with van der Waals surface area (Å²) in [7, 11) is 1.58. The standard InChI is InChI=1S/C31H41N5O6/c1-7-26-25(33-19-22(2)39-6)8-9-29(37)35(26)15-14-34-12-10-24(11-13-34)36(30(38)42-31(3,4)5)21-23-18-27-28(20-32-23)41-17-16-40-27/h8-9,18-20,24H,1,10-17,21H2,2-6H3/b22-19+,33-25-. The molecule has 42 heavy (non-hydrogen) atoms. The molecule has 0 N–H and O–H groups in total. The van der Waals surface area contributed by atoms with Gasteiger partial charge in [-0.05, 0) is 46.6 Å². The molecular weight excluding hydrogens is 538 g/mol. The average Bonchev–Trinajstić information content (AvgIpc) is 2.97.